The van der Waals surface area contributed by atoms with E-state index in [1.807, 2.05) is 79.7 Å². The molecule has 2 aromatic heterocycles. The number of anilines is 1. The highest BCUT2D eigenvalue weighted by Crippen LogP contribution is 2.25. The van der Waals surface area contributed by atoms with Crippen LogP contribution in [0.25, 0.3) is 22.4 Å². The Morgan fingerprint density at radius 1 is 0.962 bits per heavy atom. The predicted octanol–water partition coefficient (Wildman–Crippen LogP) is 3.85. The quantitative estimate of drug-likeness (QED) is 0.567. The van der Waals surface area contributed by atoms with E-state index in [-0.39, 0.29) is 5.91 Å². The van der Waals surface area contributed by atoms with Crippen molar-refractivity contribution in [3.05, 3.63) is 78.6 Å². The number of fused-ring (bicyclic) bond motifs is 1. The van der Waals surface area contributed by atoms with Gasteiger partial charge in [-0.25, -0.2) is 4.98 Å². The van der Waals surface area contributed by atoms with Crippen molar-refractivity contribution in [1.82, 2.24) is 14.5 Å². The van der Waals surface area contributed by atoms with Crippen LogP contribution in [0.3, 0.4) is 0 Å². The van der Waals surface area contributed by atoms with Gasteiger partial charge in [0.15, 0.2) is 0 Å². The summed E-state index contributed by atoms with van der Waals surface area (Å²) in [5.41, 5.74) is 4.04. The lowest BCUT2D eigenvalue weighted by atomic mass is 10.1. The molecule has 128 valence electrons. The monoisotopic (exact) mass is 342 g/mol. The zero-order valence-corrected chi connectivity index (χ0v) is 14.6. The first-order valence-corrected chi connectivity index (χ1v) is 8.35. The topological polar surface area (TPSA) is 51.0 Å². The number of imidazole rings is 1. The highest BCUT2D eigenvalue weighted by Gasteiger charge is 2.19. The van der Waals surface area contributed by atoms with Crippen LogP contribution in [-0.4, -0.2) is 34.5 Å². The fraction of sp³-hybridized carbons (Fsp3) is 0.0952. The van der Waals surface area contributed by atoms with Gasteiger partial charge in [0.25, 0.3) is 5.91 Å². The van der Waals surface area contributed by atoms with Crippen LogP contribution in [0.4, 0.5) is 5.69 Å². The van der Waals surface area contributed by atoms with E-state index in [9.17, 15) is 4.79 Å². The second-order valence-corrected chi connectivity index (χ2v) is 6.25. The molecule has 26 heavy (non-hydrogen) atoms. The van der Waals surface area contributed by atoms with Gasteiger partial charge in [-0.15, -0.1) is 0 Å². The Labute approximate surface area is 151 Å². The molecular weight excluding hydrogens is 324 g/mol. The lowest BCUT2D eigenvalue weighted by molar-refractivity contribution is 0.0966. The minimum Gasteiger partial charge on any atom is -0.378 e. The number of hydrogen-bond donors (Lipinski definition) is 0. The Hall–Kier alpha value is -3.47. The SMILES string of the molecule is CN(C)c1ccc(C(=O)n2c(-c3cccnc3)nc3ccccc32)cc1. The highest BCUT2D eigenvalue weighted by molar-refractivity contribution is 6.04. The molecule has 0 N–H and O–H groups in total. The third-order valence-electron chi connectivity index (χ3n) is 4.31. The van der Waals surface area contributed by atoms with Crippen molar-refractivity contribution in [3.8, 4) is 11.4 Å². The van der Waals surface area contributed by atoms with E-state index in [2.05, 4.69) is 9.97 Å². The first kappa shape index (κ1) is 16.0. The van der Waals surface area contributed by atoms with Gasteiger partial charge < -0.3 is 4.90 Å². The third kappa shape index (κ3) is 2.73. The molecule has 0 amide bonds. The number of carbonyl (C=O) groups is 1. The van der Waals surface area contributed by atoms with Gasteiger partial charge in [0, 0.05) is 43.3 Å². The average molecular weight is 342 g/mol. The number of para-hydroxylation sites is 2. The molecule has 0 fully saturated rings. The Morgan fingerprint density at radius 3 is 2.42 bits per heavy atom. The molecule has 0 bridgehead atoms. The maximum atomic E-state index is 13.3. The zero-order chi connectivity index (χ0) is 18.1. The Kier molecular flexibility index (Phi) is 3.97. The predicted molar refractivity (Wildman–Crippen MR) is 103 cm³/mol. The van der Waals surface area contributed by atoms with Crippen LogP contribution in [0.2, 0.25) is 0 Å². The second-order valence-electron chi connectivity index (χ2n) is 6.25. The molecule has 4 aromatic rings. The van der Waals surface area contributed by atoms with E-state index in [1.165, 1.54) is 0 Å². The van der Waals surface area contributed by atoms with Gasteiger partial charge in [0.2, 0.25) is 0 Å². The van der Waals surface area contributed by atoms with Gasteiger partial charge in [-0.05, 0) is 48.5 Å². The van der Waals surface area contributed by atoms with Crippen molar-refractivity contribution < 1.29 is 4.79 Å². The van der Waals surface area contributed by atoms with Crippen molar-refractivity contribution in [2.45, 2.75) is 0 Å². The minimum atomic E-state index is -0.108. The molecule has 2 aromatic carbocycles. The summed E-state index contributed by atoms with van der Waals surface area (Å²) in [4.78, 5) is 24.1. The van der Waals surface area contributed by atoms with Crippen molar-refractivity contribution in [2.24, 2.45) is 0 Å². The largest absolute Gasteiger partial charge is 0.378 e. The van der Waals surface area contributed by atoms with Crippen LogP contribution in [0.1, 0.15) is 10.4 Å². The van der Waals surface area contributed by atoms with E-state index in [0.29, 0.717) is 11.4 Å². The molecule has 4 rings (SSSR count). The molecule has 5 nitrogen and oxygen atoms in total. The maximum Gasteiger partial charge on any atom is 0.264 e. The molecule has 0 radical (unpaired) electrons. The molecule has 0 atom stereocenters. The summed E-state index contributed by atoms with van der Waals surface area (Å²) in [6.45, 7) is 0. The summed E-state index contributed by atoms with van der Waals surface area (Å²) in [5, 5.41) is 0. The number of pyridine rings is 1. The van der Waals surface area contributed by atoms with E-state index >= 15 is 0 Å². The van der Waals surface area contributed by atoms with Gasteiger partial charge in [-0.1, -0.05) is 12.1 Å². The number of carbonyl (C=O) groups excluding carboxylic acids is 1. The summed E-state index contributed by atoms with van der Waals surface area (Å²) in [7, 11) is 3.95. The van der Waals surface area contributed by atoms with Crippen LogP contribution in [0, 0.1) is 0 Å². The van der Waals surface area contributed by atoms with E-state index in [1.54, 1.807) is 17.0 Å². The Bertz CT molecular complexity index is 1070. The normalized spacial score (nSPS) is 10.8. The lowest BCUT2D eigenvalue weighted by Gasteiger charge is -2.13. The molecule has 0 spiro atoms. The van der Waals surface area contributed by atoms with Crippen LogP contribution >= 0.6 is 0 Å². The standard InChI is InChI=1S/C21H18N4O/c1-24(2)17-11-9-15(10-12-17)21(26)25-19-8-4-3-7-18(19)23-20(25)16-6-5-13-22-14-16/h3-14H,1-2H3. The highest BCUT2D eigenvalue weighted by atomic mass is 16.2. The maximum absolute atomic E-state index is 13.3. The van der Waals surface area contributed by atoms with Crippen molar-refractivity contribution in [3.63, 3.8) is 0 Å². The van der Waals surface area contributed by atoms with Crippen LogP contribution in [0.5, 0.6) is 0 Å². The summed E-state index contributed by atoms with van der Waals surface area (Å²) < 4.78 is 1.66. The molecule has 5 heteroatoms. The number of aromatic nitrogens is 3. The first-order chi connectivity index (χ1) is 12.6. The first-order valence-electron chi connectivity index (χ1n) is 8.35. The molecule has 0 aliphatic heterocycles. The lowest BCUT2D eigenvalue weighted by Crippen LogP contribution is -2.14. The number of rotatable bonds is 3. The number of nitrogens with zero attached hydrogens (tertiary/aromatic N) is 4. The Balaban J connectivity index is 1.88. The summed E-state index contributed by atoms with van der Waals surface area (Å²) in [6.07, 6.45) is 3.43. The molecule has 0 unspecified atom stereocenters. The van der Waals surface area contributed by atoms with Crippen LogP contribution in [-0.2, 0) is 0 Å². The van der Waals surface area contributed by atoms with Gasteiger partial charge in [-0.2, -0.15) is 0 Å². The fourth-order valence-corrected chi connectivity index (χ4v) is 2.95. The summed E-state index contributed by atoms with van der Waals surface area (Å²) >= 11 is 0. The molecular formula is C21H18N4O. The number of benzene rings is 2. The van der Waals surface area contributed by atoms with E-state index in [0.717, 1.165) is 22.3 Å². The molecule has 0 aliphatic rings. The zero-order valence-electron chi connectivity index (χ0n) is 14.6. The van der Waals surface area contributed by atoms with Crippen molar-refractivity contribution in [2.75, 3.05) is 19.0 Å². The number of hydrogen-bond acceptors (Lipinski definition) is 4. The van der Waals surface area contributed by atoms with Crippen LogP contribution < -0.4 is 4.90 Å². The second kappa shape index (κ2) is 6.44. The van der Waals surface area contributed by atoms with Crippen molar-refractivity contribution in [1.29, 1.82) is 0 Å². The molecule has 2 heterocycles. The fourth-order valence-electron chi connectivity index (χ4n) is 2.95. The minimum absolute atomic E-state index is 0.108. The third-order valence-corrected chi connectivity index (χ3v) is 4.31. The van der Waals surface area contributed by atoms with Crippen LogP contribution in [0.15, 0.2) is 73.1 Å². The van der Waals surface area contributed by atoms with E-state index in [4.69, 9.17) is 0 Å². The molecule has 0 aliphatic carbocycles. The summed E-state index contributed by atoms with van der Waals surface area (Å²) in [6, 6.07) is 19.0. The molecule has 0 saturated carbocycles. The smallest absolute Gasteiger partial charge is 0.264 e. The van der Waals surface area contributed by atoms with E-state index < -0.39 is 0 Å². The van der Waals surface area contributed by atoms with Gasteiger partial charge >= 0.3 is 0 Å². The van der Waals surface area contributed by atoms with Gasteiger partial charge in [-0.3, -0.25) is 14.3 Å². The summed E-state index contributed by atoms with van der Waals surface area (Å²) in [5.74, 6) is 0.490. The average Bonchev–Trinajstić information content (AvgIpc) is 3.08. The van der Waals surface area contributed by atoms with Gasteiger partial charge in [0.05, 0.1) is 11.0 Å². The van der Waals surface area contributed by atoms with Crippen molar-refractivity contribution >= 4 is 22.6 Å². The molecule has 0 saturated heterocycles. The van der Waals surface area contributed by atoms with Gasteiger partial charge in [0.1, 0.15) is 5.82 Å². The Morgan fingerprint density at radius 2 is 1.73 bits per heavy atom.